The first-order chi connectivity index (χ1) is 11.9. The summed E-state index contributed by atoms with van der Waals surface area (Å²) in [6.45, 7) is 6.70. The second kappa shape index (κ2) is 9.75. The molecule has 0 aliphatic rings. The molecule has 0 aliphatic carbocycles. The Labute approximate surface area is 153 Å². The molecule has 0 atom stereocenters. The minimum atomic E-state index is -3.28. The average molecular weight is 385 g/mol. The number of nitrogens with two attached hydrogens (primary N) is 4. The van der Waals surface area contributed by atoms with Gasteiger partial charge in [0.15, 0.2) is 5.76 Å². The molecule has 9 nitrogen and oxygen atoms in total. The summed E-state index contributed by atoms with van der Waals surface area (Å²) >= 11 is 0. The molecule has 146 valence electrons. The predicted molar refractivity (Wildman–Crippen MR) is 99.2 cm³/mol. The molecular formula is C16H28N4O5Si. The number of hydrogen-bond acceptors (Lipinski definition) is 5. The van der Waals surface area contributed by atoms with E-state index in [4.69, 9.17) is 27.4 Å². The van der Waals surface area contributed by atoms with Crippen LogP contribution in [0.1, 0.15) is 39.5 Å². The molecule has 26 heavy (non-hydrogen) atoms. The summed E-state index contributed by atoms with van der Waals surface area (Å²) < 4.78 is 5.75. The van der Waals surface area contributed by atoms with Crippen LogP contribution in [-0.2, 0) is 23.6 Å². The molecule has 0 spiro atoms. The number of hydrogen-bond donors (Lipinski definition) is 4. The van der Waals surface area contributed by atoms with Crippen LogP contribution >= 0.6 is 0 Å². The van der Waals surface area contributed by atoms with Crippen molar-refractivity contribution in [3.63, 3.8) is 0 Å². The minimum absolute atomic E-state index is 0.0501. The zero-order chi connectivity index (χ0) is 20.7. The molecule has 0 aromatic heterocycles. The molecule has 0 aromatic carbocycles. The number of primary amides is 4. The Morgan fingerprint density at radius 2 is 1.15 bits per heavy atom. The quantitative estimate of drug-likeness (QED) is 0.219. The Kier molecular flexibility index (Phi) is 8.77. The highest BCUT2D eigenvalue weighted by Gasteiger charge is 2.39. The largest absolute Gasteiger partial charge is 0.535 e. The van der Waals surface area contributed by atoms with Gasteiger partial charge in [0.1, 0.15) is 0 Å². The van der Waals surface area contributed by atoms with Gasteiger partial charge in [-0.05, 0) is 25.9 Å². The van der Waals surface area contributed by atoms with Crippen molar-refractivity contribution in [3.05, 3.63) is 22.1 Å². The first kappa shape index (κ1) is 23.4. The van der Waals surface area contributed by atoms with Gasteiger partial charge in [-0.2, -0.15) is 0 Å². The molecule has 10 heteroatoms. The van der Waals surface area contributed by atoms with Gasteiger partial charge in [-0.3, -0.25) is 19.2 Å². The molecule has 0 bridgehead atoms. The lowest BCUT2D eigenvalue weighted by molar-refractivity contribution is -0.119. The summed E-state index contributed by atoms with van der Waals surface area (Å²) in [6, 6.07) is 0. The smallest absolute Gasteiger partial charge is 0.283 e. The van der Waals surface area contributed by atoms with E-state index in [1.165, 1.54) is 0 Å². The van der Waals surface area contributed by atoms with Gasteiger partial charge in [-0.15, -0.1) is 0 Å². The van der Waals surface area contributed by atoms with Gasteiger partial charge in [0.2, 0.25) is 17.7 Å². The number of carbonyl (C=O) groups excluding carboxylic acids is 4. The summed E-state index contributed by atoms with van der Waals surface area (Å²) in [5.41, 5.74) is 21.5. The molecule has 0 saturated heterocycles. The SMILES string of the molecule is CCCC(C(N)=O)=C(O[Si](C)(C)C(C(N)=O)=C(CCC)C(N)=O)C(N)=O. The van der Waals surface area contributed by atoms with Gasteiger partial charge in [0, 0.05) is 5.57 Å². The zero-order valence-corrected chi connectivity index (χ0v) is 16.7. The standard InChI is InChI=1S/C16H28N4O5Si/c1-5-7-9(13(17)21)11(15(19)23)25-26(3,4)12(16(20)24)10(8-6-2)14(18)22/h5-8H2,1-4H3,(H2,17,21)(H2,18,22)(H2,19,23)(H2,20,24). The van der Waals surface area contributed by atoms with Gasteiger partial charge < -0.3 is 27.4 Å². The molecule has 4 amide bonds. The predicted octanol–water partition coefficient (Wildman–Crippen LogP) is -0.161. The molecule has 0 rings (SSSR count). The second-order valence-electron chi connectivity index (χ2n) is 6.23. The van der Waals surface area contributed by atoms with Gasteiger partial charge >= 0.3 is 0 Å². The topological polar surface area (TPSA) is 182 Å². The van der Waals surface area contributed by atoms with Crippen LogP contribution < -0.4 is 22.9 Å². The summed E-state index contributed by atoms with van der Waals surface area (Å²) in [6.07, 6.45) is 1.45. The molecule has 0 radical (unpaired) electrons. The van der Waals surface area contributed by atoms with Gasteiger partial charge in [-0.25, -0.2) is 0 Å². The molecule has 8 N–H and O–H groups in total. The highest BCUT2D eigenvalue weighted by atomic mass is 28.4. The zero-order valence-electron chi connectivity index (χ0n) is 15.7. The van der Waals surface area contributed by atoms with Crippen LogP contribution in [0, 0.1) is 0 Å². The van der Waals surface area contributed by atoms with Crippen LogP contribution in [0.15, 0.2) is 22.1 Å². The second-order valence-corrected chi connectivity index (χ2v) is 9.96. The van der Waals surface area contributed by atoms with Gasteiger partial charge in [0.05, 0.1) is 10.8 Å². The Balaban J connectivity index is 6.48. The lowest BCUT2D eigenvalue weighted by Crippen LogP contribution is -2.44. The Bertz CT molecular complexity index is 668. The van der Waals surface area contributed by atoms with Crippen LogP contribution in [0.3, 0.4) is 0 Å². The van der Waals surface area contributed by atoms with E-state index in [1.54, 1.807) is 26.9 Å². The van der Waals surface area contributed by atoms with Crippen molar-refractivity contribution >= 4 is 31.9 Å². The first-order valence-corrected chi connectivity index (χ1v) is 11.2. The summed E-state index contributed by atoms with van der Waals surface area (Å²) in [5, 5.41) is -0.0501. The monoisotopic (exact) mass is 384 g/mol. The van der Waals surface area contributed by atoms with Gasteiger partial charge in [0.25, 0.3) is 14.2 Å². The molecule has 0 unspecified atom stereocenters. The molecule has 0 aliphatic heterocycles. The fourth-order valence-electron chi connectivity index (χ4n) is 2.60. The number of rotatable bonds is 11. The van der Waals surface area contributed by atoms with E-state index in [2.05, 4.69) is 0 Å². The Morgan fingerprint density at radius 1 is 0.731 bits per heavy atom. The summed E-state index contributed by atoms with van der Waals surface area (Å²) in [5.74, 6) is -3.91. The first-order valence-electron chi connectivity index (χ1n) is 8.25. The van der Waals surface area contributed by atoms with Crippen LogP contribution in [0.25, 0.3) is 0 Å². The van der Waals surface area contributed by atoms with E-state index in [9.17, 15) is 19.2 Å². The fraction of sp³-hybridized carbons (Fsp3) is 0.500. The molecular weight excluding hydrogens is 356 g/mol. The van der Waals surface area contributed by atoms with E-state index in [0.717, 1.165) is 0 Å². The molecule has 0 saturated carbocycles. The maximum atomic E-state index is 12.0. The maximum absolute atomic E-state index is 12.0. The summed E-state index contributed by atoms with van der Waals surface area (Å²) in [7, 11) is -3.28. The lowest BCUT2D eigenvalue weighted by Gasteiger charge is -2.28. The van der Waals surface area contributed by atoms with E-state index in [1.807, 2.05) is 0 Å². The van der Waals surface area contributed by atoms with Crippen LogP contribution in [0.2, 0.25) is 13.1 Å². The lowest BCUT2D eigenvalue weighted by atomic mass is 10.1. The van der Waals surface area contributed by atoms with Crippen molar-refractivity contribution < 1.29 is 23.6 Å². The minimum Gasteiger partial charge on any atom is -0.535 e. The average Bonchev–Trinajstić information content (AvgIpc) is 2.48. The normalized spacial score (nSPS) is 13.4. The fourth-order valence-corrected chi connectivity index (χ4v) is 5.00. The van der Waals surface area contributed by atoms with E-state index < -0.39 is 37.7 Å². The Hall–Kier alpha value is -2.62. The highest BCUT2D eigenvalue weighted by Crippen LogP contribution is 2.27. The van der Waals surface area contributed by atoms with Crippen molar-refractivity contribution in [1.82, 2.24) is 0 Å². The molecule has 0 fully saturated rings. The molecule has 0 heterocycles. The van der Waals surface area contributed by atoms with Crippen molar-refractivity contribution in [1.29, 1.82) is 0 Å². The van der Waals surface area contributed by atoms with E-state index in [-0.39, 0.29) is 29.2 Å². The van der Waals surface area contributed by atoms with Gasteiger partial charge in [-0.1, -0.05) is 26.7 Å². The van der Waals surface area contributed by atoms with E-state index >= 15 is 0 Å². The molecule has 0 aromatic rings. The maximum Gasteiger partial charge on any atom is 0.283 e. The third-order valence-electron chi connectivity index (χ3n) is 3.60. The van der Waals surface area contributed by atoms with Crippen LogP contribution in [0.4, 0.5) is 0 Å². The van der Waals surface area contributed by atoms with Crippen molar-refractivity contribution in [3.8, 4) is 0 Å². The van der Waals surface area contributed by atoms with Crippen molar-refractivity contribution in [2.75, 3.05) is 0 Å². The highest BCUT2D eigenvalue weighted by molar-refractivity contribution is 6.83. The summed E-state index contributed by atoms with van der Waals surface area (Å²) in [4.78, 5) is 47.4. The number of carbonyl (C=O) groups is 4. The third kappa shape index (κ3) is 6.03. The van der Waals surface area contributed by atoms with Crippen LogP contribution in [0.5, 0.6) is 0 Å². The van der Waals surface area contributed by atoms with Crippen molar-refractivity contribution in [2.24, 2.45) is 22.9 Å². The number of amides is 4. The van der Waals surface area contributed by atoms with E-state index in [0.29, 0.717) is 12.8 Å². The van der Waals surface area contributed by atoms with Crippen molar-refractivity contribution in [2.45, 2.75) is 52.6 Å². The third-order valence-corrected chi connectivity index (χ3v) is 6.07. The Morgan fingerprint density at radius 3 is 1.46 bits per heavy atom. The van der Waals surface area contributed by atoms with Crippen LogP contribution in [-0.4, -0.2) is 31.9 Å².